The summed E-state index contributed by atoms with van der Waals surface area (Å²) in [6, 6.07) is 3.82. The highest BCUT2D eigenvalue weighted by Gasteiger charge is 2.27. The maximum atomic E-state index is 15.6. The van der Waals surface area contributed by atoms with Crippen LogP contribution in [0.2, 0.25) is 0 Å². The molecular weight excluding hydrogens is 371 g/mol. The molecule has 2 aromatic heterocycles. The number of aromatic nitrogens is 2. The van der Waals surface area contributed by atoms with Gasteiger partial charge in [0, 0.05) is 26.1 Å². The van der Waals surface area contributed by atoms with Crippen molar-refractivity contribution >= 4 is 22.9 Å². The van der Waals surface area contributed by atoms with Crippen LogP contribution in [0.5, 0.6) is 5.75 Å². The zero-order chi connectivity index (χ0) is 20.4. The molecule has 4 heterocycles. The summed E-state index contributed by atoms with van der Waals surface area (Å²) in [5.74, 6) is 0.675. The van der Waals surface area contributed by atoms with Crippen LogP contribution in [0.25, 0.3) is 5.57 Å². The predicted octanol–water partition coefficient (Wildman–Crippen LogP) is 3.28. The van der Waals surface area contributed by atoms with Gasteiger partial charge < -0.3 is 20.7 Å². The summed E-state index contributed by atoms with van der Waals surface area (Å²) in [4.78, 5) is 8.88. The van der Waals surface area contributed by atoms with Gasteiger partial charge in [0.15, 0.2) is 17.4 Å². The molecule has 2 aliphatic rings. The molecule has 0 amide bonds. The Hall–Kier alpha value is -3.18. The minimum Gasteiger partial charge on any atom is -0.491 e. The van der Waals surface area contributed by atoms with E-state index in [0.29, 0.717) is 53.6 Å². The number of nitrogens with zero attached hydrogens (tertiary/aromatic N) is 3. The zero-order valence-corrected chi connectivity index (χ0v) is 16.5. The first-order valence-electron chi connectivity index (χ1n) is 9.74. The Morgan fingerprint density at radius 3 is 2.97 bits per heavy atom. The lowest BCUT2D eigenvalue weighted by atomic mass is 9.99. The smallest absolute Gasteiger partial charge is 0.177 e. The van der Waals surface area contributed by atoms with Gasteiger partial charge in [-0.1, -0.05) is 6.08 Å². The highest BCUT2D eigenvalue weighted by Crippen LogP contribution is 2.40. The summed E-state index contributed by atoms with van der Waals surface area (Å²) in [7, 11) is 1.73. The third kappa shape index (κ3) is 3.61. The van der Waals surface area contributed by atoms with Crippen molar-refractivity contribution in [1.82, 2.24) is 15.3 Å². The molecule has 0 unspecified atom stereocenters. The van der Waals surface area contributed by atoms with E-state index >= 15 is 4.39 Å². The fraction of sp³-hybridized carbons (Fsp3) is 0.381. The predicted molar refractivity (Wildman–Crippen MR) is 110 cm³/mol. The molecular formula is C21H23FN6O. The standard InChI is InChI=1S/C21H23FN6O/c1-12-14(11-23)16(24-2)10-17(26-12)28-21-19(22)18(13-4-3-7-25-8-5-13)20-15(27-21)6-9-29-20/h5,10,25H,3-4,6-9H2,1-2H3,(H2,24,26,27,28). The lowest BCUT2D eigenvalue weighted by molar-refractivity contribution is 0.354. The van der Waals surface area contributed by atoms with Crippen LogP contribution < -0.4 is 20.7 Å². The Balaban J connectivity index is 1.78. The Morgan fingerprint density at radius 2 is 2.17 bits per heavy atom. The average Bonchev–Trinajstić information content (AvgIpc) is 3.00. The summed E-state index contributed by atoms with van der Waals surface area (Å²) in [5, 5.41) is 18.6. The van der Waals surface area contributed by atoms with Gasteiger partial charge in [0.2, 0.25) is 0 Å². The molecule has 0 saturated heterocycles. The van der Waals surface area contributed by atoms with E-state index < -0.39 is 5.82 Å². The van der Waals surface area contributed by atoms with Crippen LogP contribution in [-0.4, -0.2) is 36.7 Å². The van der Waals surface area contributed by atoms with Gasteiger partial charge in [0.1, 0.15) is 11.9 Å². The Bertz CT molecular complexity index is 1030. The molecule has 3 N–H and O–H groups in total. The van der Waals surface area contributed by atoms with Crippen molar-refractivity contribution in [2.24, 2.45) is 0 Å². The van der Waals surface area contributed by atoms with Crippen LogP contribution in [-0.2, 0) is 6.42 Å². The van der Waals surface area contributed by atoms with Gasteiger partial charge in [-0.2, -0.15) is 5.26 Å². The zero-order valence-electron chi connectivity index (χ0n) is 16.5. The number of allylic oxidation sites excluding steroid dienone is 1. The first-order valence-corrected chi connectivity index (χ1v) is 9.74. The van der Waals surface area contributed by atoms with Gasteiger partial charge in [-0.15, -0.1) is 0 Å². The molecule has 150 valence electrons. The molecule has 0 aliphatic carbocycles. The number of hydrogen-bond acceptors (Lipinski definition) is 7. The van der Waals surface area contributed by atoms with Crippen molar-refractivity contribution < 1.29 is 9.13 Å². The largest absolute Gasteiger partial charge is 0.491 e. The van der Waals surface area contributed by atoms with E-state index in [4.69, 9.17) is 4.74 Å². The fourth-order valence-corrected chi connectivity index (χ4v) is 3.77. The average molecular weight is 394 g/mol. The molecule has 7 nitrogen and oxygen atoms in total. The molecule has 8 heteroatoms. The Morgan fingerprint density at radius 1 is 1.31 bits per heavy atom. The topological polar surface area (TPSA) is 94.9 Å². The number of fused-ring (bicyclic) bond motifs is 1. The third-order valence-corrected chi connectivity index (χ3v) is 5.19. The van der Waals surface area contributed by atoms with Crippen molar-refractivity contribution in [3.05, 3.63) is 40.5 Å². The van der Waals surface area contributed by atoms with Crippen LogP contribution in [0.15, 0.2) is 12.1 Å². The number of anilines is 3. The van der Waals surface area contributed by atoms with Gasteiger partial charge >= 0.3 is 0 Å². The molecule has 0 saturated carbocycles. The van der Waals surface area contributed by atoms with E-state index in [0.717, 1.165) is 30.7 Å². The van der Waals surface area contributed by atoms with E-state index in [1.165, 1.54) is 0 Å². The van der Waals surface area contributed by atoms with Crippen molar-refractivity contribution in [2.75, 3.05) is 37.4 Å². The molecule has 0 fully saturated rings. The second-order valence-electron chi connectivity index (χ2n) is 7.06. The number of ether oxygens (including phenoxy) is 1. The van der Waals surface area contributed by atoms with E-state index in [2.05, 4.69) is 32.0 Å². The fourth-order valence-electron chi connectivity index (χ4n) is 3.77. The van der Waals surface area contributed by atoms with Crippen LogP contribution in [0, 0.1) is 24.1 Å². The summed E-state index contributed by atoms with van der Waals surface area (Å²) in [6.45, 7) is 3.86. The van der Waals surface area contributed by atoms with E-state index in [-0.39, 0.29) is 5.82 Å². The number of halogens is 1. The molecule has 0 radical (unpaired) electrons. The summed E-state index contributed by atoms with van der Waals surface area (Å²) >= 11 is 0. The van der Waals surface area contributed by atoms with Crippen LogP contribution in [0.1, 0.15) is 35.4 Å². The van der Waals surface area contributed by atoms with Crippen molar-refractivity contribution in [3.63, 3.8) is 0 Å². The van der Waals surface area contributed by atoms with Gasteiger partial charge in [-0.05, 0) is 31.9 Å². The molecule has 0 aromatic carbocycles. The normalized spacial score (nSPS) is 15.6. The number of hydrogen-bond donors (Lipinski definition) is 3. The lowest BCUT2D eigenvalue weighted by Gasteiger charge is -2.16. The van der Waals surface area contributed by atoms with E-state index in [9.17, 15) is 5.26 Å². The lowest BCUT2D eigenvalue weighted by Crippen LogP contribution is -2.12. The van der Waals surface area contributed by atoms with Crippen LogP contribution in [0.4, 0.5) is 21.7 Å². The van der Waals surface area contributed by atoms with E-state index in [1.54, 1.807) is 20.0 Å². The minimum atomic E-state index is -0.436. The molecule has 0 bridgehead atoms. The van der Waals surface area contributed by atoms with Gasteiger partial charge in [-0.25, -0.2) is 14.4 Å². The summed E-state index contributed by atoms with van der Waals surface area (Å²) in [5.41, 5.74) is 3.84. The molecule has 2 aliphatic heterocycles. The van der Waals surface area contributed by atoms with Gasteiger partial charge in [0.05, 0.1) is 34.8 Å². The molecule has 2 aromatic rings. The first-order chi connectivity index (χ1) is 14.1. The monoisotopic (exact) mass is 394 g/mol. The maximum Gasteiger partial charge on any atom is 0.177 e. The van der Waals surface area contributed by atoms with Gasteiger partial charge in [-0.3, -0.25) is 0 Å². The second kappa shape index (κ2) is 8.05. The Labute approximate surface area is 169 Å². The third-order valence-electron chi connectivity index (χ3n) is 5.19. The van der Waals surface area contributed by atoms with Crippen LogP contribution in [0.3, 0.4) is 0 Å². The number of aryl methyl sites for hydroxylation is 1. The minimum absolute atomic E-state index is 0.126. The quantitative estimate of drug-likeness (QED) is 0.732. The van der Waals surface area contributed by atoms with Gasteiger partial charge in [0.25, 0.3) is 0 Å². The number of pyridine rings is 2. The van der Waals surface area contributed by atoms with Crippen molar-refractivity contribution in [3.8, 4) is 11.8 Å². The summed E-state index contributed by atoms with van der Waals surface area (Å²) < 4.78 is 21.3. The second-order valence-corrected chi connectivity index (χ2v) is 7.06. The molecule has 0 spiro atoms. The van der Waals surface area contributed by atoms with Crippen LogP contribution >= 0.6 is 0 Å². The highest BCUT2D eigenvalue weighted by molar-refractivity contribution is 5.76. The molecule has 4 rings (SSSR count). The molecule has 29 heavy (non-hydrogen) atoms. The number of rotatable bonds is 4. The number of nitriles is 1. The molecule has 0 atom stereocenters. The summed E-state index contributed by atoms with van der Waals surface area (Å²) in [6.07, 6.45) is 4.39. The van der Waals surface area contributed by atoms with Crippen molar-refractivity contribution in [2.45, 2.75) is 26.2 Å². The van der Waals surface area contributed by atoms with Crippen molar-refractivity contribution in [1.29, 1.82) is 5.26 Å². The SMILES string of the molecule is CNc1cc(Nc2nc3c(c(C4=CCNCCC4)c2F)OCC3)nc(C)c1C#N. The first kappa shape index (κ1) is 19.2. The number of nitrogens with one attached hydrogen (secondary N) is 3. The highest BCUT2D eigenvalue weighted by atomic mass is 19.1. The maximum absolute atomic E-state index is 15.6. The Kier molecular flexibility index (Phi) is 5.32. The van der Waals surface area contributed by atoms with E-state index in [1.807, 2.05) is 6.08 Å².